The number of aromatic hydroxyl groups is 1. The minimum Gasteiger partial charge on any atom is -0.508 e. The number of rotatable bonds is 3. The molecule has 3 aromatic carbocycles. The van der Waals surface area contributed by atoms with E-state index >= 15 is 0 Å². The van der Waals surface area contributed by atoms with Crippen LogP contribution in [-0.4, -0.2) is 16.1 Å². The Kier molecular flexibility index (Phi) is 5.19. The molecule has 0 aliphatic rings. The summed E-state index contributed by atoms with van der Waals surface area (Å²) in [6.45, 7) is 1.74. The van der Waals surface area contributed by atoms with Crippen molar-refractivity contribution in [1.29, 1.82) is 0 Å². The lowest BCUT2D eigenvalue weighted by Gasteiger charge is -2.20. The third-order valence-corrected chi connectivity index (χ3v) is 4.51. The molecule has 8 heteroatoms. The Morgan fingerprint density at radius 3 is 2.24 bits per heavy atom. The summed E-state index contributed by atoms with van der Waals surface area (Å²) in [6, 6.07) is 11.5. The fourth-order valence-electron chi connectivity index (χ4n) is 3.14. The molecule has 3 aromatic rings. The van der Waals surface area contributed by atoms with Crippen LogP contribution in [0.2, 0.25) is 0 Å². The van der Waals surface area contributed by atoms with Crippen LogP contribution in [0.15, 0.2) is 59.8 Å². The number of halogens is 4. The number of hydrogen-bond acceptors (Lipinski definition) is 3. The minimum absolute atomic E-state index is 0.103. The second-order valence-corrected chi connectivity index (χ2v) is 6.41. The van der Waals surface area contributed by atoms with E-state index in [1.165, 1.54) is 12.1 Å². The lowest BCUT2D eigenvalue weighted by molar-refractivity contribution is -0.137. The molecule has 3 rings (SSSR count). The summed E-state index contributed by atoms with van der Waals surface area (Å²) in [5, 5.41) is 21.5. The van der Waals surface area contributed by atoms with Gasteiger partial charge in [-0.25, -0.2) is 4.39 Å². The number of nitrogens with zero attached hydrogens (tertiary/aromatic N) is 1. The van der Waals surface area contributed by atoms with Crippen molar-refractivity contribution in [1.82, 2.24) is 0 Å². The molecule has 0 radical (unpaired) electrons. The van der Waals surface area contributed by atoms with E-state index in [1.54, 1.807) is 31.2 Å². The number of hydrogen-bond donors (Lipinski definition) is 3. The van der Waals surface area contributed by atoms with Crippen molar-refractivity contribution < 1.29 is 27.9 Å². The number of nitrogens with two attached hydrogens (primary N) is 1. The van der Waals surface area contributed by atoms with E-state index in [-0.39, 0.29) is 28.0 Å². The third kappa shape index (κ3) is 3.87. The minimum atomic E-state index is -4.75. The van der Waals surface area contributed by atoms with Crippen LogP contribution in [0.4, 0.5) is 17.6 Å². The highest BCUT2D eigenvalue weighted by molar-refractivity contribution is 6.07. The smallest absolute Gasteiger partial charge is 0.416 e. The molecule has 0 saturated carbocycles. The highest BCUT2D eigenvalue weighted by Crippen LogP contribution is 2.42. The molecule has 0 unspecified atom stereocenters. The van der Waals surface area contributed by atoms with Gasteiger partial charge in [-0.3, -0.25) is 0 Å². The largest absolute Gasteiger partial charge is 0.508 e. The molecule has 0 spiro atoms. The summed E-state index contributed by atoms with van der Waals surface area (Å²) < 4.78 is 55.2. The first kappa shape index (κ1) is 20.2. The van der Waals surface area contributed by atoms with Crippen molar-refractivity contribution in [3.8, 4) is 28.0 Å². The van der Waals surface area contributed by atoms with Gasteiger partial charge in [0.2, 0.25) is 0 Å². The van der Waals surface area contributed by atoms with Gasteiger partial charge < -0.3 is 16.0 Å². The topological polar surface area (TPSA) is 78.8 Å². The SMILES string of the molecule is Cc1ccccc1-c1c(/C(N)=N\O)cc(C(F)(F)F)cc1-c1ccc(O)cc1F. The first-order chi connectivity index (χ1) is 13.6. The van der Waals surface area contributed by atoms with Gasteiger partial charge in [0.05, 0.1) is 5.56 Å². The molecule has 0 fully saturated rings. The third-order valence-electron chi connectivity index (χ3n) is 4.51. The summed E-state index contributed by atoms with van der Waals surface area (Å²) >= 11 is 0. The van der Waals surface area contributed by atoms with E-state index in [4.69, 9.17) is 10.9 Å². The molecule has 4 nitrogen and oxygen atoms in total. The molecule has 29 heavy (non-hydrogen) atoms. The van der Waals surface area contributed by atoms with E-state index in [1.807, 2.05) is 0 Å². The van der Waals surface area contributed by atoms with Gasteiger partial charge in [0.15, 0.2) is 5.84 Å². The van der Waals surface area contributed by atoms with Gasteiger partial charge in [-0.05, 0) is 47.9 Å². The Labute approximate surface area is 163 Å². The Bertz CT molecular complexity index is 1110. The van der Waals surface area contributed by atoms with Gasteiger partial charge in [-0.15, -0.1) is 0 Å². The summed E-state index contributed by atoms with van der Waals surface area (Å²) in [6.07, 6.45) is -4.75. The van der Waals surface area contributed by atoms with Gasteiger partial charge in [-0.2, -0.15) is 13.2 Å². The normalized spacial score (nSPS) is 12.2. The van der Waals surface area contributed by atoms with Gasteiger partial charge in [0.25, 0.3) is 0 Å². The number of phenols is 1. The standard InChI is InChI=1S/C21H16F4N2O2/c1-11-4-2-3-5-14(11)19-16(15-7-6-13(28)10-18(15)22)8-12(21(23,24)25)9-17(19)20(26)27-29/h2-10,28-29H,1H3,(H2,26,27). The fourth-order valence-corrected chi connectivity index (χ4v) is 3.14. The van der Waals surface area contributed by atoms with Crippen molar-refractivity contribution in [3.05, 3.63) is 77.1 Å². The van der Waals surface area contributed by atoms with E-state index in [9.17, 15) is 22.7 Å². The molecule has 0 aliphatic heterocycles. The highest BCUT2D eigenvalue weighted by Gasteiger charge is 2.33. The average molecular weight is 404 g/mol. The summed E-state index contributed by atoms with van der Waals surface area (Å²) in [4.78, 5) is 0. The van der Waals surface area contributed by atoms with E-state index in [2.05, 4.69) is 5.16 Å². The monoisotopic (exact) mass is 404 g/mol. The Balaban J connectivity index is 2.51. The first-order valence-corrected chi connectivity index (χ1v) is 8.41. The predicted octanol–water partition coefficient (Wildman–Crippen LogP) is 5.29. The second kappa shape index (κ2) is 7.46. The predicted molar refractivity (Wildman–Crippen MR) is 101 cm³/mol. The number of amidine groups is 1. The zero-order chi connectivity index (χ0) is 21.3. The van der Waals surface area contributed by atoms with Crippen molar-refractivity contribution in [3.63, 3.8) is 0 Å². The van der Waals surface area contributed by atoms with Crippen LogP contribution in [-0.2, 0) is 6.18 Å². The number of aryl methyl sites for hydroxylation is 1. The van der Waals surface area contributed by atoms with Gasteiger partial charge in [0.1, 0.15) is 11.6 Å². The molecule has 0 saturated heterocycles. The molecule has 0 bridgehead atoms. The van der Waals surface area contributed by atoms with Crippen molar-refractivity contribution in [2.75, 3.05) is 0 Å². The van der Waals surface area contributed by atoms with Crippen LogP contribution in [0.25, 0.3) is 22.3 Å². The van der Waals surface area contributed by atoms with Crippen LogP contribution in [0.1, 0.15) is 16.7 Å². The van der Waals surface area contributed by atoms with Gasteiger partial charge in [-0.1, -0.05) is 29.4 Å². The summed E-state index contributed by atoms with van der Waals surface area (Å²) in [5.41, 5.74) is 5.51. The van der Waals surface area contributed by atoms with Crippen LogP contribution in [0, 0.1) is 12.7 Å². The zero-order valence-corrected chi connectivity index (χ0v) is 15.1. The van der Waals surface area contributed by atoms with Crippen LogP contribution >= 0.6 is 0 Å². The van der Waals surface area contributed by atoms with Crippen LogP contribution < -0.4 is 5.73 Å². The lowest BCUT2D eigenvalue weighted by atomic mass is 9.86. The molecular weight excluding hydrogens is 388 g/mol. The zero-order valence-electron chi connectivity index (χ0n) is 15.1. The number of phenolic OH excluding ortho intramolecular Hbond substituents is 1. The molecule has 0 amide bonds. The van der Waals surface area contributed by atoms with Crippen molar-refractivity contribution in [2.45, 2.75) is 13.1 Å². The van der Waals surface area contributed by atoms with Gasteiger partial charge >= 0.3 is 6.18 Å². The molecule has 0 aliphatic carbocycles. The molecule has 4 N–H and O–H groups in total. The summed E-state index contributed by atoms with van der Waals surface area (Å²) in [5.74, 6) is -1.83. The molecule has 0 aromatic heterocycles. The van der Waals surface area contributed by atoms with Gasteiger partial charge in [0, 0.05) is 22.8 Å². The highest BCUT2D eigenvalue weighted by atomic mass is 19.4. The molecular formula is C21H16F4N2O2. The summed E-state index contributed by atoms with van der Waals surface area (Å²) in [7, 11) is 0. The maximum atomic E-state index is 14.6. The quantitative estimate of drug-likeness (QED) is 0.183. The lowest BCUT2D eigenvalue weighted by Crippen LogP contribution is -2.17. The Morgan fingerprint density at radius 2 is 1.66 bits per heavy atom. The van der Waals surface area contributed by atoms with E-state index in [0.29, 0.717) is 11.1 Å². The molecule has 0 atom stereocenters. The number of alkyl halides is 3. The van der Waals surface area contributed by atoms with Crippen molar-refractivity contribution >= 4 is 5.84 Å². The average Bonchev–Trinajstić information content (AvgIpc) is 2.66. The Morgan fingerprint density at radius 1 is 0.966 bits per heavy atom. The maximum Gasteiger partial charge on any atom is 0.416 e. The number of benzene rings is 3. The maximum absolute atomic E-state index is 14.6. The van der Waals surface area contributed by atoms with Crippen LogP contribution in [0.3, 0.4) is 0 Å². The Hall–Kier alpha value is -3.55. The molecule has 150 valence electrons. The fraction of sp³-hybridized carbons (Fsp3) is 0.0952. The number of oxime groups is 1. The van der Waals surface area contributed by atoms with Crippen LogP contribution in [0.5, 0.6) is 5.75 Å². The first-order valence-electron chi connectivity index (χ1n) is 8.41. The van der Waals surface area contributed by atoms with E-state index < -0.39 is 23.4 Å². The van der Waals surface area contributed by atoms with E-state index in [0.717, 1.165) is 18.2 Å². The molecule has 0 heterocycles. The van der Waals surface area contributed by atoms with Crippen molar-refractivity contribution in [2.24, 2.45) is 10.9 Å². The second-order valence-electron chi connectivity index (χ2n) is 6.41.